The second-order valence-corrected chi connectivity index (χ2v) is 4.13. The Morgan fingerprint density at radius 3 is 2.82 bits per heavy atom. The fourth-order valence-electron chi connectivity index (χ4n) is 1.31. The van der Waals surface area contributed by atoms with Gasteiger partial charge in [-0.3, -0.25) is 0 Å². The molecule has 3 nitrogen and oxygen atoms in total. The topological polar surface area (TPSA) is 30.5 Å². The molecule has 96 valence electrons. The van der Waals surface area contributed by atoms with Gasteiger partial charge in [0.05, 0.1) is 11.1 Å². The summed E-state index contributed by atoms with van der Waals surface area (Å²) < 4.78 is 34.4. The summed E-state index contributed by atoms with van der Waals surface area (Å²) >= 11 is 3.19. The van der Waals surface area contributed by atoms with Crippen molar-refractivity contribution in [1.82, 2.24) is 5.32 Å². The van der Waals surface area contributed by atoms with E-state index in [1.165, 1.54) is 0 Å². The Bertz CT molecular complexity index is 350. The minimum atomic E-state index is -2.83. The molecular weight excluding hydrogens is 296 g/mol. The molecule has 1 aromatic carbocycles. The zero-order chi connectivity index (χ0) is 12.7. The Balaban J connectivity index is 2.66. The summed E-state index contributed by atoms with van der Waals surface area (Å²) in [5.41, 5.74) is 0.677. The largest absolute Gasteiger partial charge is 0.433 e. The van der Waals surface area contributed by atoms with E-state index in [2.05, 4.69) is 26.0 Å². The molecule has 0 unspecified atom stereocenters. The summed E-state index contributed by atoms with van der Waals surface area (Å²) in [6, 6.07) is 5.17. The van der Waals surface area contributed by atoms with Crippen LogP contribution in [-0.4, -0.2) is 26.9 Å². The van der Waals surface area contributed by atoms with Crippen LogP contribution in [0.15, 0.2) is 22.7 Å². The molecule has 0 aliphatic rings. The molecule has 1 rings (SSSR count). The number of hydrogen-bond acceptors (Lipinski definition) is 3. The highest BCUT2D eigenvalue weighted by atomic mass is 79.9. The summed E-state index contributed by atoms with van der Waals surface area (Å²) in [5.74, 6) is 0.174. The van der Waals surface area contributed by atoms with Gasteiger partial charge in [-0.05, 0) is 22.0 Å². The van der Waals surface area contributed by atoms with Crippen molar-refractivity contribution in [2.45, 2.75) is 13.2 Å². The third kappa shape index (κ3) is 4.97. The van der Waals surface area contributed by atoms with Gasteiger partial charge >= 0.3 is 6.61 Å². The van der Waals surface area contributed by atoms with Crippen molar-refractivity contribution < 1.29 is 18.3 Å². The van der Waals surface area contributed by atoms with E-state index in [0.717, 1.165) is 0 Å². The van der Waals surface area contributed by atoms with Gasteiger partial charge in [-0.15, -0.1) is 0 Å². The zero-order valence-electron chi connectivity index (χ0n) is 9.38. The normalized spacial score (nSPS) is 10.9. The fourth-order valence-corrected chi connectivity index (χ4v) is 1.81. The minimum absolute atomic E-state index is 0.174. The minimum Gasteiger partial charge on any atom is -0.433 e. The summed E-state index contributed by atoms with van der Waals surface area (Å²) in [4.78, 5) is 0. The van der Waals surface area contributed by atoms with Crippen molar-refractivity contribution in [3.8, 4) is 5.75 Å². The number of alkyl halides is 2. The molecule has 0 amide bonds. The lowest BCUT2D eigenvalue weighted by molar-refractivity contribution is -0.0510. The molecule has 0 spiro atoms. The van der Waals surface area contributed by atoms with E-state index >= 15 is 0 Å². The Kier molecular flexibility index (Phi) is 6.39. The maximum Gasteiger partial charge on any atom is 0.387 e. The number of rotatable bonds is 7. The Morgan fingerprint density at radius 2 is 2.18 bits per heavy atom. The molecule has 0 heterocycles. The SMILES string of the molecule is COCCNCc1cccc(Br)c1OC(F)F. The molecule has 6 heteroatoms. The highest BCUT2D eigenvalue weighted by Crippen LogP contribution is 2.30. The molecule has 0 bridgehead atoms. The van der Waals surface area contributed by atoms with Crippen LogP contribution in [0.1, 0.15) is 5.56 Å². The van der Waals surface area contributed by atoms with E-state index in [0.29, 0.717) is 29.7 Å². The molecule has 1 N–H and O–H groups in total. The van der Waals surface area contributed by atoms with Crippen LogP contribution in [0.3, 0.4) is 0 Å². The predicted molar refractivity (Wildman–Crippen MR) is 64.4 cm³/mol. The Hall–Kier alpha value is -0.720. The quantitative estimate of drug-likeness (QED) is 0.786. The van der Waals surface area contributed by atoms with E-state index < -0.39 is 6.61 Å². The molecule has 0 radical (unpaired) electrons. The molecule has 17 heavy (non-hydrogen) atoms. The third-order valence-electron chi connectivity index (χ3n) is 2.05. The summed E-state index contributed by atoms with van der Waals surface area (Å²) in [6.07, 6.45) is 0. The summed E-state index contributed by atoms with van der Waals surface area (Å²) in [5, 5.41) is 3.07. The van der Waals surface area contributed by atoms with Crippen LogP contribution in [0.2, 0.25) is 0 Å². The number of halogens is 3. The van der Waals surface area contributed by atoms with Gasteiger partial charge in [0, 0.05) is 25.8 Å². The monoisotopic (exact) mass is 309 g/mol. The van der Waals surface area contributed by atoms with E-state index in [-0.39, 0.29) is 5.75 Å². The van der Waals surface area contributed by atoms with Gasteiger partial charge in [0.1, 0.15) is 5.75 Å². The van der Waals surface area contributed by atoms with Gasteiger partial charge in [-0.2, -0.15) is 8.78 Å². The second-order valence-electron chi connectivity index (χ2n) is 3.28. The lowest BCUT2D eigenvalue weighted by Gasteiger charge is -2.13. The van der Waals surface area contributed by atoms with Crippen molar-refractivity contribution in [2.24, 2.45) is 0 Å². The first-order valence-corrected chi connectivity index (χ1v) is 5.86. The van der Waals surface area contributed by atoms with Crippen molar-refractivity contribution in [3.05, 3.63) is 28.2 Å². The highest BCUT2D eigenvalue weighted by Gasteiger charge is 2.12. The fraction of sp³-hybridized carbons (Fsp3) is 0.455. The van der Waals surface area contributed by atoms with Crippen LogP contribution in [0.5, 0.6) is 5.75 Å². The smallest absolute Gasteiger partial charge is 0.387 e. The first-order chi connectivity index (χ1) is 8.15. The van der Waals surface area contributed by atoms with E-state index in [1.54, 1.807) is 25.3 Å². The van der Waals surface area contributed by atoms with Crippen molar-refractivity contribution in [3.63, 3.8) is 0 Å². The average molecular weight is 310 g/mol. The summed E-state index contributed by atoms with van der Waals surface area (Å²) in [7, 11) is 1.60. The van der Waals surface area contributed by atoms with Crippen LogP contribution in [0.4, 0.5) is 8.78 Å². The first kappa shape index (κ1) is 14.3. The van der Waals surface area contributed by atoms with Crippen LogP contribution in [0, 0.1) is 0 Å². The van der Waals surface area contributed by atoms with Crippen molar-refractivity contribution in [2.75, 3.05) is 20.3 Å². The number of nitrogens with one attached hydrogen (secondary N) is 1. The molecule has 0 saturated heterocycles. The van der Waals surface area contributed by atoms with E-state index in [9.17, 15) is 8.78 Å². The third-order valence-corrected chi connectivity index (χ3v) is 2.68. The van der Waals surface area contributed by atoms with E-state index in [4.69, 9.17) is 4.74 Å². The number of benzene rings is 1. The molecule has 0 atom stereocenters. The second kappa shape index (κ2) is 7.58. The van der Waals surface area contributed by atoms with Gasteiger partial charge < -0.3 is 14.8 Å². The lowest BCUT2D eigenvalue weighted by Crippen LogP contribution is -2.19. The molecule has 0 aliphatic heterocycles. The maximum absolute atomic E-state index is 12.2. The molecule has 1 aromatic rings. The number of para-hydroxylation sites is 1. The van der Waals surface area contributed by atoms with Crippen LogP contribution < -0.4 is 10.1 Å². The van der Waals surface area contributed by atoms with E-state index in [1.807, 2.05) is 0 Å². The molecule has 0 fully saturated rings. The highest BCUT2D eigenvalue weighted by molar-refractivity contribution is 9.10. The van der Waals surface area contributed by atoms with Crippen LogP contribution in [-0.2, 0) is 11.3 Å². The number of methoxy groups -OCH3 is 1. The van der Waals surface area contributed by atoms with Gasteiger partial charge in [-0.25, -0.2) is 0 Å². The van der Waals surface area contributed by atoms with Crippen LogP contribution in [0.25, 0.3) is 0 Å². The molecule has 0 aliphatic carbocycles. The zero-order valence-corrected chi connectivity index (χ0v) is 11.0. The maximum atomic E-state index is 12.2. The molecule has 0 saturated carbocycles. The van der Waals surface area contributed by atoms with Crippen molar-refractivity contribution >= 4 is 15.9 Å². The first-order valence-electron chi connectivity index (χ1n) is 5.07. The van der Waals surface area contributed by atoms with Gasteiger partial charge in [0.25, 0.3) is 0 Å². The van der Waals surface area contributed by atoms with Gasteiger partial charge in [-0.1, -0.05) is 12.1 Å². The average Bonchev–Trinajstić information content (AvgIpc) is 2.28. The molecular formula is C11H14BrF2NO2. The lowest BCUT2D eigenvalue weighted by atomic mass is 10.2. The standard InChI is InChI=1S/C11H14BrF2NO2/c1-16-6-5-15-7-8-3-2-4-9(12)10(8)17-11(13)14/h2-4,11,15H,5-7H2,1H3. The molecule has 0 aromatic heterocycles. The van der Waals surface area contributed by atoms with Crippen LogP contribution >= 0.6 is 15.9 Å². The number of ether oxygens (including phenoxy) is 2. The predicted octanol–water partition coefficient (Wildman–Crippen LogP) is 2.79. The summed E-state index contributed by atoms with van der Waals surface area (Å²) in [6.45, 7) is -1.16. The van der Waals surface area contributed by atoms with Crippen molar-refractivity contribution in [1.29, 1.82) is 0 Å². The van der Waals surface area contributed by atoms with Gasteiger partial charge in [0.15, 0.2) is 0 Å². The Morgan fingerprint density at radius 1 is 1.41 bits per heavy atom. The Labute approximate surface area is 107 Å². The van der Waals surface area contributed by atoms with Gasteiger partial charge in [0.2, 0.25) is 0 Å². The number of hydrogen-bond donors (Lipinski definition) is 1.